The van der Waals surface area contributed by atoms with Gasteiger partial charge in [0.05, 0.1) is 0 Å². The van der Waals surface area contributed by atoms with Crippen molar-refractivity contribution in [1.29, 1.82) is 0 Å². The minimum Gasteiger partial charge on any atom is -0.398 e. The summed E-state index contributed by atoms with van der Waals surface area (Å²) in [5, 5.41) is 3.52. The molecule has 4 rings (SSSR count). The van der Waals surface area contributed by atoms with Gasteiger partial charge in [0.1, 0.15) is 0 Å². The molecule has 1 saturated heterocycles. The summed E-state index contributed by atoms with van der Waals surface area (Å²) in [6, 6.07) is 17.7. The van der Waals surface area contributed by atoms with Crippen molar-refractivity contribution < 1.29 is 0 Å². The molecule has 0 aromatic heterocycles. The molecule has 0 amide bonds. The zero-order valence-electron chi connectivity index (χ0n) is 12.1. The van der Waals surface area contributed by atoms with Gasteiger partial charge in [-0.25, -0.2) is 0 Å². The lowest BCUT2D eigenvalue weighted by molar-refractivity contribution is 0.143. The Hall–Kier alpha value is -1.84. The lowest BCUT2D eigenvalue weighted by Crippen LogP contribution is -2.50. The summed E-state index contributed by atoms with van der Waals surface area (Å²) in [6.45, 7) is 4.31. The number of hydrogen-bond donors (Lipinski definition) is 2. The number of benzene rings is 2. The van der Waals surface area contributed by atoms with Crippen LogP contribution in [0.15, 0.2) is 48.5 Å². The van der Waals surface area contributed by atoms with Crippen molar-refractivity contribution in [1.82, 2.24) is 10.2 Å². The van der Waals surface area contributed by atoms with Gasteiger partial charge in [-0.3, -0.25) is 4.90 Å². The summed E-state index contributed by atoms with van der Waals surface area (Å²) in [7, 11) is 0. The van der Waals surface area contributed by atoms with Crippen molar-refractivity contribution in [2.75, 3.05) is 31.9 Å². The van der Waals surface area contributed by atoms with Crippen LogP contribution in [0.5, 0.6) is 0 Å². The third-order valence-electron chi connectivity index (χ3n) is 4.87. The first-order chi connectivity index (χ1) is 10.3. The van der Waals surface area contributed by atoms with Gasteiger partial charge in [-0.1, -0.05) is 42.5 Å². The van der Waals surface area contributed by atoms with E-state index in [2.05, 4.69) is 46.6 Å². The highest BCUT2D eigenvalue weighted by molar-refractivity contribution is 5.54. The predicted molar refractivity (Wildman–Crippen MR) is 86.3 cm³/mol. The maximum Gasteiger partial charge on any atom is 0.0476 e. The molecule has 2 atom stereocenters. The van der Waals surface area contributed by atoms with E-state index in [1.165, 1.54) is 16.7 Å². The second-order valence-corrected chi connectivity index (χ2v) is 6.03. The van der Waals surface area contributed by atoms with Crippen LogP contribution in [0.4, 0.5) is 5.69 Å². The summed E-state index contributed by atoms with van der Waals surface area (Å²) < 4.78 is 0. The maximum atomic E-state index is 6.25. The molecule has 2 aromatic rings. The van der Waals surface area contributed by atoms with E-state index in [1.807, 2.05) is 12.1 Å². The Labute approximate surface area is 125 Å². The summed E-state index contributed by atoms with van der Waals surface area (Å²) in [4.78, 5) is 2.61. The molecule has 2 aliphatic heterocycles. The van der Waals surface area contributed by atoms with E-state index in [0.29, 0.717) is 12.0 Å². The average molecular weight is 279 g/mol. The Balaban J connectivity index is 1.83. The second kappa shape index (κ2) is 5.17. The summed E-state index contributed by atoms with van der Waals surface area (Å²) in [5.41, 5.74) is 11.3. The molecule has 21 heavy (non-hydrogen) atoms. The molecular weight excluding hydrogens is 258 g/mol. The van der Waals surface area contributed by atoms with Gasteiger partial charge in [0, 0.05) is 43.8 Å². The van der Waals surface area contributed by atoms with E-state index >= 15 is 0 Å². The first-order valence-electron chi connectivity index (χ1n) is 7.72. The first kappa shape index (κ1) is 12.9. The van der Waals surface area contributed by atoms with Crippen LogP contribution in [-0.4, -0.2) is 31.1 Å². The minimum atomic E-state index is 0.386. The molecule has 3 heteroatoms. The van der Waals surface area contributed by atoms with Crippen LogP contribution in [0.2, 0.25) is 0 Å². The molecule has 108 valence electrons. The van der Waals surface area contributed by atoms with Gasteiger partial charge in [-0.15, -0.1) is 0 Å². The normalized spacial score (nSPS) is 25.1. The van der Waals surface area contributed by atoms with Crippen LogP contribution in [0.1, 0.15) is 28.7 Å². The average Bonchev–Trinajstić information content (AvgIpc) is 2.55. The number of nitrogens with two attached hydrogens (primary N) is 1. The molecule has 0 bridgehead atoms. The van der Waals surface area contributed by atoms with Gasteiger partial charge >= 0.3 is 0 Å². The molecule has 0 aliphatic carbocycles. The van der Waals surface area contributed by atoms with Crippen LogP contribution >= 0.6 is 0 Å². The quantitative estimate of drug-likeness (QED) is 0.787. The monoisotopic (exact) mass is 279 g/mol. The Morgan fingerprint density at radius 2 is 1.67 bits per heavy atom. The topological polar surface area (TPSA) is 41.3 Å². The molecule has 0 radical (unpaired) electrons. The number of fused-ring (bicyclic) bond motifs is 3. The van der Waals surface area contributed by atoms with Crippen LogP contribution in [0.25, 0.3) is 0 Å². The van der Waals surface area contributed by atoms with Crippen molar-refractivity contribution in [3.05, 3.63) is 65.2 Å². The number of anilines is 1. The molecule has 1 fully saturated rings. The number of nitrogens with one attached hydrogen (secondary N) is 1. The molecule has 3 nitrogen and oxygen atoms in total. The van der Waals surface area contributed by atoms with Gasteiger partial charge in [0.15, 0.2) is 0 Å². The number of para-hydroxylation sites is 1. The van der Waals surface area contributed by atoms with Crippen molar-refractivity contribution in [3.63, 3.8) is 0 Å². The molecule has 2 aliphatic rings. The molecule has 0 spiro atoms. The van der Waals surface area contributed by atoms with Gasteiger partial charge in [-0.05, 0) is 22.8 Å². The SMILES string of the molecule is Nc1ccccc1C1CN2CCNCC2c2ccccc21. The minimum absolute atomic E-state index is 0.386. The highest BCUT2D eigenvalue weighted by Gasteiger charge is 2.35. The van der Waals surface area contributed by atoms with E-state index < -0.39 is 0 Å². The van der Waals surface area contributed by atoms with E-state index in [-0.39, 0.29) is 0 Å². The molecule has 2 aromatic carbocycles. The number of nitrogen functional groups attached to an aromatic ring is 1. The van der Waals surface area contributed by atoms with E-state index in [1.54, 1.807) is 0 Å². The summed E-state index contributed by atoms with van der Waals surface area (Å²) >= 11 is 0. The first-order valence-corrected chi connectivity index (χ1v) is 7.72. The van der Waals surface area contributed by atoms with Crippen LogP contribution in [0, 0.1) is 0 Å². The Morgan fingerprint density at radius 1 is 0.952 bits per heavy atom. The summed E-state index contributed by atoms with van der Waals surface area (Å²) in [5.74, 6) is 0.386. The Bertz CT molecular complexity index is 652. The Morgan fingerprint density at radius 3 is 2.48 bits per heavy atom. The second-order valence-electron chi connectivity index (χ2n) is 6.03. The fourth-order valence-electron chi connectivity index (χ4n) is 3.83. The number of piperazine rings is 1. The number of rotatable bonds is 1. The zero-order chi connectivity index (χ0) is 14.2. The Kier molecular flexibility index (Phi) is 3.17. The highest BCUT2D eigenvalue weighted by atomic mass is 15.2. The van der Waals surface area contributed by atoms with Crippen LogP contribution in [-0.2, 0) is 0 Å². The maximum absolute atomic E-state index is 6.25. The van der Waals surface area contributed by atoms with Gasteiger partial charge in [0.25, 0.3) is 0 Å². The largest absolute Gasteiger partial charge is 0.398 e. The van der Waals surface area contributed by atoms with Gasteiger partial charge < -0.3 is 11.1 Å². The van der Waals surface area contributed by atoms with E-state index in [4.69, 9.17) is 5.73 Å². The number of nitrogens with zero attached hydrogens (tertiary/aromatic N) is 1. The third kappa shape index (κ3) is 2.13. The fourth-order valence-corrected chi connectivity index (χ4v) is 3.83. The third-order valence-corrected chi connectivity index (χ3v) is 4.87. The molecule has 0 saturated carbocycles. The smallest absolute Gasteiger partial charge is 0.0476 e. The highest BCUT2D eigenvalue weighted by Crippen LogP contribution is 2.41. The standard InChI is InChI=1S/C18H21N3/c19-17-8-4-3-6-14(17)16-12-21-10-9-20-11-18(21)15-7-2-1-5-13(15)16/h1-8,16,18,20H,9-12,19H2. The fraction of sp³-hybridized carbons (Fsp3) is 0.333. The lowest BCUT2D eigenvalue weighted by Gasteiger charge is -2.44. The van der Waals surface area contributed by atoms with Crippen LogP contribution in [0.3, 0.4) is 0 Å². The predicted octanol–water partition coefficient (Wildman–Crippen LogP) is 2.36. The molecule has 2 heterocycles. The van der Waals surface area contributed by atoms with Crippen LogP contribution < -0.4 is 11.1 Å². The van der Waals surface area contributed by atoms with E-state index in [9.17, 15) is 0 Å². The van der Waals surface area contributed by atoms with Crippen molar-refractivity contribution in [3.8, 4) is 0 Å². The summed E-state index contributed by atoms with van der Waals surface area (Å²) in [6.07, 6.45) is 0. The van der Waals surface area contributed by atoms with Gasteiger partial charge in [-0.2, -0.15) is 0 Å². The van der Waals surface area contributed by atoms with E-state index in [0.717, 1.165) is 31.9 Å². The van der Waals surface area contributed by atoms with Crippen molar-refractivity contribution in [2.45, 2.75) is 12.0 Å². The van der Waals surface area contributed by atoms with Crippen molar-refractivity contribution >= 4 is 5.69 Å². The molecule has 2 unspecified atom stereocenters. The molecular formula is C18H21N3. The zero-order valence-corrected chi connectivity index (χ0v) is 12.1. The number of hydrogen-bond acceptors (Lipinski definition) is 3. The molecule has 3 N–H and O–H groups in total. The van der Waals surface area contributed by atoms with Crippen molar-refractivity contribution in [2.24, 2.45) is 0 Å². The van der Waals surface area contributed by atoms with Gasteiger partial charge in [0.2, 0.25) is 0 Å². The lowest BCUT2D eigenvalue weighted by atomic mass is 9.80.